The number of hydrogen-bond donors (Lipinski definition) is 0. The fraction of sp³-hybridized carbons (Fsp3) is 0. The molecule has 0 saturated carbocycles. The van der Waals surface area contributed by atoms with Gasteiger partial charge in [0.15, 0.2) is 0 Å². The first-order chi connectivity index (χ1) is 28.8. The molecule has 3 aromatic heterocycles. The molecule has 6 heteroatoms. The van der Waals surface area contributed by atoms with Crippen LogP contribution in [-0.2, 0) is 0 Å². The van der Waals surface area contributed by atoms with Gasteiger partial charge in [0.05, 0.1) is 11.4 Å². The maximum absolute atomic E-state index is 2.60. The Bertz CT molecular complexity index is 3420. The normalized spacial score (nSPS) is 13.1. The van der Waals surface area contributed by atoms with Gasteiger partial charge in [0.2, 0.25) is 0 Å². The monoisotopic (exact) mass is 790 g/mol. The molecule has 0 spiro atoms. The second-order valence-electron chi connectivity index (χ2n) is 15.2. The summed E-state index contributed by atoms with van der Waals surface area (Å²) in [6.45, 7) is 0.0248. The summed E-state index contributed by atoms with van der Waals surface area (Å²) in [5.41, 5.74) is 16.3. The van der Waals surface area contributed by atoms with Crippen LogP contribution in [0.5, 0.6) is 0 Å². The number of fused-ring (bicyclic) bond motifs is 10. The van der Waals surface area contributed by atoms with E-state index in [4.69, 9.17) is 0 Å². The molecule has 2 aliphatic rings. The van der Waals surface area contributed by atoms with Gasteiger partial charge >= 0.3 is 0 Å². The van der Waals surface area contributed by atoms with Crippen LogP contribution in [0.15, 0.2) is 187 Å². The lowest BCUT2D eigenvalue weighted by atomic mass is 9.33. The highest BCUT2D eigenvalue weighted by atomic mass is 32.1. The molecule has 0 atom stereocenters. The Kier molecular flexibility index (Phi) is 7.05. The van der Waals surface area contributed by atoms with Crippen molar-refractivity contribution in [2.24, 2.45) is 0 Å². The molecule has 0 aliphatic carbocycles. The van der Waals surface area contributed by atoms with Crippen LogP contribution in [0, 0.1) is 0 Å². The van der Waals surface area contributed by atoms with E-state index in [-0.39, 0.29) is 6.71 Å². The summed E-state index contributed by atoms with van der Waals surface area (Å²) >= 11 is 5.56. The Morgan fingerprint density at radius 2 is 0.879 bits per heavy atom. The Balaban J connectivity index is 1.17. The first-order valence-electron chi connectivity index (χ1n) is 19.7. The lowest BCUT2D eigenvalue weighted by Gasteiger charge is -2.45. The Morgan fingerprint density at radius 3 is 1.55 bits per heavy atom. The fourth-order valence-corrected chi connectivity index (χ4v) is 12.8. The predicted octanol–water partition coefficient (Wildman–Crippen LogP) is 13.9. The second kappa shape index (κ2) is 12.5. The van der Waals surface area contributed by atoms with Gasteiger partial charge in [-0.3, -0.25) is 0 Å². The third-order valence-electron chi connectivity index (χ3n) is 12.2. The number of thiophene rings is 3. The molecule has 0 fully saturated rings. The average Bonchev–Trinajstić information content (AvgIpc) is 4.05. The highest BCUT2D eigenvalue weighted by molar-refractivity contribution is 7.28. The summed E-state index contributed by atoms with van der Waals surface area (Å²) in [5.74, 6) is 0. The smallest absolute Gasteiger partial charge is 0.254 e. The minimum absolute atomic E-state index is 0.0248. The quantitative estimate of drug-likeness (QED) is 0.164. The average molecular weight is 791 g/mol. The van der Waals surface area contributed by atoms with Crippen LogP contribution in [0.4, 0.5) is 34.1 Å². The van der Waals surface area contributed by atoms with Crippen molar-refractivity contribution < 1.29 is 0 Å². The molecular formula is C52H31BN2S3. The summed E-state index contributed by atoms with van der Waals surface area (Å²) in [6, 6.07) is 65.8. The van der Waals surface area contributed by atoms with Crippen LogP contribution in [0.25, 0.3) is 62.6 Å². The van der Waals surface area contributed by atoms with Gasteiger partial charge in [0.1, 0.15) is 0 Å². The SMILES string of the molecule is c1ccc(-c2c(N3c4ccccc4B4c5c3cccc5N(c3ccc5sccc5c3-c3ccccc3)c3ccc5c(sc6ccccc65)c34)ccc3sccc23)cc1. The van der Waals surface area contributed by atoms with E-state index in [2.05, 4.69) is 196 Å². The van der Waals surface area contributed by atoms with Crippen LogP contribution >= 0.6 is 34.0 Å². The van der Waals surface area contributed by atoms with Gasteiger partial charge < -0.3 is 9.80 Å². The lowest BCUT2D eigenvalue weighted by molar-refractivity contribution is 1.26. The zero-order valence-electron chi connectivity index (χ0n) is 31.1. The molecule has 5 heterocycles. The van der Waals surface area contributed by atoms with Gasteiger partial charge in [-0.05, 0) is 110 Å². The van der Waals surface area contributed by atoms with Crippen LogP contribution < -0.4 is 26.2 Å². The van der Waals surface area contributed by atoms with Crippen molar-refractivity contribution >= 4 is 132 Å². The minimum atomic E-state index is 0.0248. The van der Waals surface area contributed by atoms with Crippen LogP contribution in [0.1, 0.15) is 0 Å². The van der Waals surface area contributed by atoms with Crippen LogP contribution in [0.3, 0.4) is 0 Å². The van der Waals surface area contributed by atoms with Crippen molar-refractivity contribution in [1.29, 1.82) is 0 Å². The van der Waals surface area contributed by atoms with Crippen molar-refractivity contribution in [3.63, 3.8) is 0 Å². The summed E-state index contributed by atoms with van der Waals surface area (Å²) in [4.78, 5) is 5.17. The highest BCUT2D eigenvalue weighted by Crippen LogP contribution is 2.51. The maximum Gasteiger partial charge on any atom is 0.254 e. The first-order valence-corrected chi connectivity index (χ1v) is 22.3. The van der Waals surface area contributed by atoms with Crippen molar-refractivity contribution in [1.82, 2.24) is 0 Å². The minimum Gasteiger partial charge on any atom is -0.311 e. The van der Waals surface area contributed by atoms with E-state index < -0.39 is 0 Å². The molecule has 270 valence electrons. The summed E-state index contributed by atoms with van der Waals surface area (Å²) in [6.07, 6.45) is 0. The van der Waals surface area contributed by atoms with Gasteiger partial charge in [0, 0.05) is 68.8 Å². The van der Waals surface area contributed by atoms with Gasteiger partial charge in [-0.2, -0.15) is 0 Å². The molecule has 0 unspecified atom stereocenters. The number of hydrogen-bond acceptors (Lipinski definition) is 5. The molecular weight excluding hydrogens is 760 g/mol. The largest absolute Gasteiger partial charge is 0.311 e. The number of nitrogens with zero attached hydrogens (tertiary/aromatic N) is 2. The van der Waals surface area contributed by atoms with E-state index in [0.717, 1.165) is 0 Å². The predicted molar refractivity (Wildman–Crippen MR) is 255 cm³/mol. The molecule has 13 rings (SSSR count). The molecule has 11 aromatic rings. The van der Waals surface area contributed by atoms with Gasteiger partial charge in [-0.15, -0.1) is 34.0 Å². The van der Waals surface area contributed by atoms with Crippen LogP contribution in [-0.4, -0.2) is 6.71 Å². The summed E-state index contributed by atoms with van der Waals surface area (Å²) < 4.78 is 5.28. The van der Waals surface area contributed by atoms with Crippen molar-refractivity contribution in [2.45, 2.75) is 0 Å². The highest BCUT2D eigenvalue weighted by Gasteiger charge is 2.45. The molecule has 2 aliphatic heterocycles. The number of rotatable bonds is 4. The molecule has 0 N–H and O–H groups in total. The summed E-state index contributed by atoms with van der Waals surface area (Å²) in [5, 5.41) is 9.68. The lowest BCUT2D eigenvalue weighted by Crippen LogP contribution is -2.61. The standard InChI is InChI=1S/C52H31BN2S3/c1-3-12-32(13-4-1)48-36-28-30-56-45(36)26-24-40(48)54-39-18-9-8-17-38(39)53-50-42(54)19-11-20-43(50)55(44-23-22-35-34-16-7-10-21-47(34)58-52(35)51(44)53)41-25-27-46-37(29-31-57-46)49(41)33-14-5-2-6-15-33/h1-31H. The molecule has 2 nitrogen and oxygen atoms in total. The topological polar surface area (TPSA) is 6.48 Å². The molecule has 0 radical (unpaired) electrons. The Morgan fingerprint density at radius 1 is 0.345 bits per heavy atom. The fourth-order valence-electron chi connectivity index (χ4n) is 9.92. The third-order valence-corrected chi connectivity index (χ3v) is 15.2. The summed E-state index contributed by atoms with van der Waals surface area (Å²) in [7, 11) is 0. The van der Waals surface area contributed by atoms with Gasteiger partial charge in [0.25, 0.3) is 6.71 Å². The van der Waals surface area contributed by atoms with Crippen LogP contribution in [0.2, 0.25) is 0 Å². The Hall–Kier alpha value is -6.44. The first kappa shape index (κ1) is 32.6. The maximum atomic E-state index is 2.60. The second-order valence-corrected chi connectivity index (χ2v) is 18.1. The molecule has 0 saturated heterocycles. The number of benzene rings is 8. The van der Waals surface area contributed by atoms with E-state index in [0.29, 0.717) is 0 Å². The third kappa shape index (κ3) is 4.53. The van der Waals surface area contributed by atoms with Gasteiger partial charge in [-0.25, -0.2) is 0 Å². The van der Waals surface area contributed by atoms with E-state index in [1.54, 1.807) is 0 Å². The van der Waals surface area contributed by atoms with E-state index in [1.807, 2.05) is 34.0 Å². The number of para-hydroxylation sites is 1. The zero-order chi connectivity index (χ0) is 37.9. The van der Waals surface area contributed by atoms with Crippen molar-refractivity contribution in [3.05, 3.63) is 187 Å². The van der Waals surface area contributed by atoms with E-state index in [1.165, 1.54) is 113 Å². The van der Waals surface area contributed by atoms with Crippen molar-refractivity contribution in [2.75, 3.05) is 9.80 Å². The molecule has 58 heavy (non-hydrogen) atoms. The molecule has 0 amide bonds. The number of anilines is 6. The Labute approximate surface area is 348 Å². The van der Waals surface area contributed by atoms with Crippen molar-refractivity contribution in [3.8, 4) is 22.3 Å². The van der Waals surface area contributed by atoms with Gasteiger partial charge in [-0.1, -0.05) is 109 Å². The zero-order valence-corrected chi connectivity index (χ0v) is 33.5. The van der Waals surface area contributed by atoms with E-state index >= 15 is 0 Å². The van der Waals surface area contributed by atoms with E-state index in [9.17, 15) is 0 Å². The molecule has 0 bridgehead atoms. The molecule has 8 aromatic carbocycles.